The highest BCUT2D eigenvalue weighted by molar-refractivity contribution is 9.10. The van der Waals surface area contributed by atoms with Crippen molar-refractivity contribution in [1.82, 2.24) is 0 Å². The third-order valence-electron chi connectivity index (χ3n) is 3.72. The number of benzene rings is 2. The summed E-state index contributed by atoms with van der Waals surface area (Å²) in [5.74, 6) is 0.549. The number of rotatable bonds is 7. The highest BCUT2D eigenvalue weighted by Gasteiger charge is 2.09. The molecule has 0 bridgehead atoms. The summed E-state index contributed by atoms with van der Waals surface area (Å²) in [6.07, 6.45) is 0.815. The molecule has 0 N–H and O–H groups in total. The minimum atomic E-state index is 0.272. The average Bonchev–Trinajstić information content (AvgIpc) is 2.52. The predicted molar refractivity (Wildman–Crippen MR) is 99.2 cm³/mol. The SMILES string of the molecule is COCOCc1cc(Cl)c(Cc2ccc(C(C)C)cc2)cc1Br. The Morgan fingerprint density at radius 2 is 1.78 bits per heavy atom. The van der Waals surface area contributed by atoms with Crippen molar-refractivity contribution in [2.75, 3.05) is 13.9 Å². The van der Waals surface area contributed by atoms with Crippen LogP contribution in [0.3, 0.4) is 0 Å². The van der Waals surface area contributed by atoms with Gasteiger partial charge in [0, 0.05) is 16.6 Å². The maximum atomic E-state index is 6.44. The zero-order valence-corrected chi connectivity index (χ0v) is 16.1. The van der Waals surface area contributed by atoms with E-state index in [2.05, 4.69) is 60.1 Å². The van der Waals surface area contributed by atoms with Crippen LogP contribution in [0, 0.1) is 0 Å². The van der Waals surface area contributed by atoms with Crippen molar-refractivity contribution in [3.63, 3.8) is 0 Å². The van der Waals surface area contributed by atoms with E-state index in [1.54, 1.807) is 7.11 Å². The molecule has 2 aromatic carbocycles. The summed E-state index contributed by atoms with van der Waals surface area (Å²) in [5.41, 5.74) is 4.73. The topological polar surface area (TPSA) is 18.5 Å². The van der Waals surface area contributed by atoms with Crippen molar-refractivity contribution in [2.45, 2.75) is 32.8 Å². The summed E-state index contributed by atoms with van der Waals surface area (Å²) < 4.78 is 11.3. The van der Waals surface area contributed by atoms with Crippen LogP contribution in [-0.2, 0) is 22.5 Å². The maximum Gasteiger partial charge on any atom is 0.146 e. The fourth-order valence-electron chi connectivity index (χ4n) is 2.35. The molecule has 0 radical (unpaired) electrons. The lowest BCUT2D eigenvalue weighted by molar-refractivity contribution is -0.0392. The Kier molecular flexibility index (Phi) is 7.09. The van der Waals surface area contributed by atoms with Crippen LogP contribution >= 0.6 is 27.5 Å². The van der Waals surface area contributed by atoms with Crippen LogP contribution in [0.15, 0.2) is 40.9 Å². The van der Waals surface area contributed by atoms with E-state index < -0.39 is 0 Å². The minimum absolute atomic E-state index is 0.272. The lowest BCUT2D eigenvalue weighted by atomic mass is 9.98. The third kappa shape index (κ3) is 5.32. The van der Waals surface area contributed by atoms with Gasteiger partial charge in [-0.15, -0.1) is 0 Å². The lowest BCUT2D eigenvalue weighted by Gasteiger charge is -2.11. The summed E-state index contributed by atoms with van der Waals surface area (Å²) in [4.78, 5) is 0. The molecule has 4 heteroatoms. The summed E-state index contributed by atoms with van der Waals surface area (Å²) in [7, 11) is 1.61. The van der Waals surface area contributed by atoms with E-state index >= 15 is 0 Å². The van der Waals surface area contributed by atoms with E-state index in [1.165, 1.54) is 11.1 Å². The molecule has 0 amide bonds. The highest BCUT2D eigenvalue weighted by atomic mass is 79.9. The second kappa shape index (κ2) is 8.84. The Bertz CT molecular complexity index is 639. The van der Waals surface area contributed by atoms with Gasteiger partial charge in [0.1, 0.15) is 6.79 Å². The Hall–Kier alpha value is -0.870. The number of methoxy groups -OCH3 is 1. The van der Waals surface area contributed by atoms with Gasteiger partial charge in [-0.3, -0.25) is 0 Å². The molecule has 0 heterocycles. The first kappa shape index (κ1) is 18.5. The Morgan fingerprint density at radius 1 is 1.09 bits per heavy atom. The molecule has 2 rings (SSSR count). The molecule has 0 aromatic heterocycles. The molecule has 0 aliphatic rings. The van der Waals surface area contributed by atoms with Gasteiger partial charge in [-0.1, -0.05) is 65.6 Å². The predicted octanol–water partition coefficient (Wildman–Crippen LogP) is 5.94. The van der Waals surface area contributed by atoms with Gasteiger partial charge in [0.05, 0.1) is 6.61 Å². The molecule has 0 unspecified atom stereocenters. The molecular weight excluding hydrogens is 376 g/mol. The zero-order valence-electron chi connectivity index (χ0n) is 13.7. The van der Waals surface area contributed by atoms with Gasteiger partial charge in [0.25, 0.3) is 0 Å². The maximum absolute atomic E-state index is 6.44. The first-order valence-electron chi connectivity index (χ1n) is 7.63. The van der Waals surface area contributed by atoms with E-state index in [0.29, 0.717) is 12.5 Å². The molecule has 0 fully saturated rings. The van der Waals surface area contributed by atoms with Crippen molar-refractivity contribution < 1.29 is 9.47 Å². The molecule has 124 valence electrons. The number of hydrogen-bond acceptors (Lipinski definition) is 2. The monoisotopic (exact) mass is 396 g/mol. The zero-order chi connectivity index (χ0) is 16.8. The molecular formula is C19H22BrClO2. The van der Waals surface area contributed by atoms with Crippen LogP contribution in [0.25, 0.3) is 0 Å². The van der Waals surface area contributed by atoms with Gasteiger partial charge in [-0.2, -0.15) is 0 Å². The summed E-state index contributed by atoms with van der Waals surface area (Å²) in [6, 6.07) is 12.8. The van der Waals surface area contributed by atoms with Crippen LogP contribution in [0.1, 0.15) is 42.0 Å². The Morgan fingerprint density at radius 3 is 2.39 bits per heavy atom. The lowest BCUT2D eigenvalue weighted by Crippen LogP contribution is -1.99. The molecule has 0 saturated heterocycles. The molecule has 0 aliphatic heterocycles. The molecule has 0 spiro atoms. The van der Waals surface area contributed by atoms with Gasteiger partial charge in [-0.05, 0) is 46.7 Å². The minimum Gasteiger partial charge on any atom is -0.359 e. The third-order valence-corrected chi connectivity index (χ3v) is 4.81. The van der Waals surface area contributed by atoms with Crippen molar-refractivity contribution in [2.24, 2.45) is 0 Å². The van der Waals surface area contributed by atoms with Crippen molar-refractivity contribution in [1.29, 1.82) is 0 Å². The number of ether oxygens (including phenoxy) is 2. The summed E-state index contributed by atoms with van der Waals surface area (Å²) >= 11 is 10.0. The van der Waals surface area contributed by atoms with Gasteiger partial charge in [0.2, 0.25) is 0 Å². The summed E-state index contributed by atoms with van der Waals surface area (Å²) in [6.45, 7) is 5.15. The van der Waals surface area contributed by atoms with Crippen molar-refractivity contribution in [3.8, 4) is 0 Å². The molecule has 0 saturated carbocycles. The molecule has 2 aromatic rings. The Labute approximate surface area is 151 Å². The van der Waals surface area contributed by atoms with Gasteiger partial charge in [0.15, 0.2) is 0 Å². The fraction of sp³-hybridized carbons (Fsp3) is 0.368. The van der Waals surface area contributed by atoms with E-state index in [4.69, 9.17) is 21.1 Å². The van der Waals surface area contributed by atoms with Crippen LogP contribution in [0.5, 0.6) is 0 Å². The van der Waals surface area contributed by atoms with Crippen LogP contribution in [0.2, 0.25) is 5.02 Å². The van der Waals surface area contributed by atoms with Crippen molar-refractivity contribution >= 4 is 27.5 Å². The normalized spacial score (nSPS) is 11.2. The molecule has 23 heavy (non-hydrogen) atoms. The second-order valence-corrected chi connectivity index (χ2v) is 7.12. The van der Waals surface area contributed by atoms with E-state index in [0.717, 1.165) is 27.0 Å². The van der Waals surface area contributed by atoms with Gasteiger partial charge in [-0.25, -0.2) is 0 Å². The number of hydrogen-bond donors (Lipinski definition) is 0. The standard InChI is InChI=1S/C19H22BrClO2/c1-13(2)15-6-4-14(5-7-15)8-16-9-18(20)17(10-19(16)21)11-23-12-22-3/h4-7,9-10,13H,8,11-12H2,1-3H3. The first-order chi connectivity index (χ1) is 11.0. The number of halogens is 2. The first-order valence-corrected chi connectivity index (χ1v) is 8.80. The second-order valence-electron chi connectivity index (χ2n) is 5.86. The summed E-state index contributed by atoms with van der Waals surface area (Å²) in [5, 5.41) is 0.761. The van der Waals surface area contributed by atoms with Crippen molar-refractivity contribution in [3.05, 3.63) is 68.1 Å². The van der Waals surface area contributed by atoms with Crippen LogP contribution in [0.4, 0.5) is 0 Å². The van der Waals surface area contributed by atoms with Gasteiger partial charge < -0.3 is 9.47 Å². The van der Waals surface area contributed by atoms with Gasteiger partial charge >= 0.3 is 0 Å². The molecule has 0 aliphatic carbocycles. The molecule has 0 atom stereocenters. The van der Waals surface area contributed by atoms with Crippen LogP contribution in [-0.4, -0.2) is 13.9 Å². The fourth-order valence-corrected chi connectivity index (χ4v) is 3.11. The van der Waals surface area contributed by atoms with E-state index in [9.17, 15) is 0 Å². The Balaban J connectivity index is 2.12. The smallest absolute Gasteiger partial charge is 0.146 e. The van der Waals surface area contributed by atoms with Crippen LogP contribution < -0.4 is 0 Å². The average molecular weight is 398 g/mol. The molecule has 2 nitrogen and oxygen atoms in total. The highest BCUT2D eigenvalue weighted by Crippen LogP contribution is 2.28. The van der Waals surface area contributed by atoms with E-state index in [1.807, 2.05) is 6.07 Å². The quantitative estimate of drug-likeness (QED) is 0.425. The van der Waals surface area contributed by atoms with E-state index in [-0.39, 0.29) is 6.79 Å². The largest absolute Gasteiger partial charge is 0.359 e.